The third kappa shape index (κ3) is 5.04. The normalized spacial score (nSPS) is 10.4. The molecule has 0 spiro atoms. The second-order valence-corrected chi connectivity index (χ2v) is 5.93. The van der Waals surface area contributed by atoms with Crippen molar-refractivity contribution in [3.05, 3.63) is 60.2 Å². The molecule has 8 heteroatoms. The summed E-state index contributed by atoms with van der Waals surface area (Å²) in [7, 11) is 1.60. The van der Waals surface area contributed by atoms with Crippen molar-refractivity contribution in [3.8, 4) is 11.6 Å². The number of methoxy groups -OCH3 is 1. The van der Waals surface area contributed by atoms with Gasteiger partial charge < -0.3 is 15.4 Å². The molecule has 2 aromatic heterocycles. The Labute approximate surface area is 157 Å². The number of nitrogens with one attached hydrogen (secondary N) is 2. The van der Waals surface area contributed by atoms with Gasteiger partial charge in [-0.05, 0) is 19.1 Å². The Morgan fingerprint density at radius 2 is 2.04 bits per heavy atom. The average molecular weight is 366 g/mol. The van der Waals surface area contributed by atoms with Gasteiger partial charge in [0.05, 0.1) is 19.2 Å². The van der Waals surface area contributed by atoms with Gasteiger partial charge in [0.1, 0.15) is 17.9 Å². The van der Waals surface area contributed by atoms with Gasteiger partial charge in [-0.2, -0.15) is 5.10 Å². The summed E-state index contributed by atoms with van der Waals surface area (Å²) in [6, 6.07) is 11.2. The molecule has 0 radical (unpaired) electrons. The Balaban J connectivity index is 1.47. The van der Waals surface area contributed by atoms with Crippen molar-refractivity contribution in [3.63, 3.8) is 0 Å². The van der Waals surface area contributed by atoms with Crippen LogP contribution < -0.4 is 15.4 Å². The highest BCUT2D eigenvalue weighted by atomic mass is 16.5. The Morgan fingerprint density at radius 1 is 1.19 bits per heavy atom. The maximum Gasteiger partial charge on any atom is 0.224 e. The van der Waals surface area contributed by atoms with Crippen molar-refractivity contribution >= 4 is 11.7 Å². The topological polar surface area (TPSA) is 94.0 Å². The first kappa shape index (κ1) is 18.4. The van der Waals surface area contributed by atoms with E-state index < -0.39 is 0 Å². The van der Waals surface area contributed by atoms with Gasteiger partial charge in [0.2, 0.25) is 5.91 Å². The van der Waals surface area contributed by atoms with E-state index in [1.54, 1.807) is 11.8 Å². The smallest absolute Gasteiger partial charge is 0.224 e. The molecule has 1 aromatic carbocycles. The quantitative estimate of drug-likeness (QED) is 0.590. The number of carbonyl (C=O) groups is 1. The molecule has 0 saturated heterocycles. The first-order chi connectivity index (χ1) is 13.2. The van der Waals surface area contributed by atoms with Crippen molar-refractivity contribution in [2.75, 3.05) is 25.5 Å². The molecule has 0 bridgehead atoms. The van der Waals surface area contributed by atoms with Gasteiger partial charge in [-0.15, -0.1) is 0 Å². The van der Waals surface area contributed by atoms with E-state index in [4.69, 9.17) is 4.74 Å². The van der Waals surface area contributed by atoms with E-state index in [9.17, 15) is 4.79 Å². The van der Waals surface area contributed by atoms with Gasteiger partial charge in [0, 0.05) is 30.9 Å². The molecule has 2 heterocycles. The predicted molar refractivity (Wildman–Crippen MR) is 102 cm³/mol. The summed E-state index contributed by atoms with van der Waals surface area (Å²) in [6.45, 7) is 2.95. The lowest BCUT2D eigenvalue weighted by molar-refractivity contribution is -0.120. The van der Waals surface area contributed by atoms with E-state index in [0.29, 0.717) is 30.5 Å². The van der Waals surface area contributed by atoms with Gasteiger partial charge in [0.25, 0.3) is 0 Å². The fourth-order valence-electron chi connectivity index (χ4n) is 2.59. The van der Waals surface area contributed by atoms with Crippen LogP contribution in [-0.2, 0) is 11.2 Å². The van der Waals surface area contributed by atoms with Crippen molar-refractivity contribution in [2.24, 2.45) is 0 Å². The molecule has 2 N–H and O–H groups in total. The average Bonchev–Trinajstić information content (AvgIpc) is 3.12. The SMILES string of the molecule is COc1ccccc1CC(=O)NCCNc1cc(-n2ccc(C)n2)ncn1. The number of ether oxygens (including phenoxy) is 1. The maximum absolute atomic E-state index is 12.1. The molecule has 0 fully saturated rings. The van der Waals surface area contributed by atoms with Crippen LogP contribution in [0.3, 0.4) is 0 Å². The minimum Gasteiger partial charge on any atom is -0.496 e. The summed E-state index contributed by atoms with van der Waals surface area (Å²) in [6.07, 6.45) is 3.61. The van der Waals surface area contributed by atoms with Crippen LogP contribution in [0.1, 0.15) is 11.3 Å². The highest BCUT2D eigenvalue weighted by Gasteiger charge is 2.08. The third-order valence-electron chi connectivity index (χ3n) is 3.91. The van der Waals surface area contributed by atoms with Crippen LogP contribution in [0.4, 0.5) is 5.82 Å². The van der Waals surface area contributed by atoms with Crippen molar-refractivity contribution in [1.82, 2.24) is 25.1 Å². The van der Waals surface area contributed by atoms with Gasteiger partial charge in [-0.3, -0.25) is 4.79 Å². The molecule has 8 nitrogen and oxygen atoms in total. The lowest BCUT2D eigenvalue weighted by Crippen LogP contribution is -2.30. The Morgan fingerprint density at radius 3 is 2.81 bits per heavy atom. The summed E-state index contributed by atoms with van der Waals surface area (Å²) in [5.41, 5.74) is 1.78. The zero-order chi connectivity index (χ0) is 19.1. The number of anilines is 1. The summed E-state index contributed by atoms with van der Waals surface area (Å²) < 4.78 is 6.96. The Hall–Kier alpha value is -3.42. The van der Waals surface area contributed by atoms with E-state index >= 15 is 0 Å². The molecule has 1 amide bonds. The number of hydrogen-bond donors (Lipinski definition) is 2. The van der Waals surface area contributed by atoms with Crippen molar-refractivity contribution in [1.29, 1.82) is 0 Å². The summed E-state index contributed by atoms with van der Waals surface area (Å²) in [4.78, 5) is 20.5. The zero-order valence-corrected chi connectivity index (χ0v) is 15.3. The van der Waals surface area contributed by atoms with Gasteiger partial charge in [-0.1, -0.05) is 18.2 Å². The number of hydrogen-bond acceptors (Lipinski definition) is 6. The maximum atomic E-state index is 12.1. The van der Waals surface area contributed by atoms with Crippen LogP contribution in [0, 0.1) is 6.92 Å². The summed E-state index contributed by atoms with van der Waals surface area (Å²) in [5.74, 6) is 2.01. The standard InChI is InChI=1S/C19H22N6O2/c1-14-7-10-25(24-14)18-12-17(22-13-23-18)20-8-9-21-19(26)11-15-5-3-4-6-16(15)27-2/h3-7,10,12-13H,8-9,11H2,1-2H3,(H,21,26)(H,20,22,23). The Kier molecular flexibility index (Phi) is 5.98. The molecule has 140 valence electrons. The van der Waals surface area contributed by atoms with Gasteiger partial charge in [0.15, 0.2) is 5.82 Å². The minimum atomic E-state index is -0.0586. The Bertz CT molecular complexity index is 908. The number of nitrogens with zero attached hydrogens (tertiary/aromatic N) is 4. The van der Waals surface area contributed by atoms with Crippen LogP contribution in [0.5, 0.6) is 5.75 Å². The molecule has 0 aliphatic heterocycles. The zero-order valence-electron chi connectivity index (χ0n) is 15.3. The van der Waals surface area contributed by atoms with Crippen LogP contribution in [0.15, 0.2) is 48.9 Å². The number of para-hydroxylation sites is 1. The minimum absolute atomic E-state index is 0.0586. The number of aryl methyl sites for hydroxylation is 1. The highest BCUT2D eigenvalue weighted by molar-refractivity contribution is 5.79. The molecule has 3 rings (SSSR count). The van der Waals surface area contributed by atoms with E-state index in [0.717, 1.165) is 11.3 Å². The third-order valence-corrected chi connectivity index (χ3v) is 3.91. The number of rotatable bonds is 8. The lowest BCUT2D eigenvalue weighted by Gasteiger charge is -2.10. The number of benzene rings is 1. The van der Waals surface area contributed by atoms with E-state index in [2.05, 4.69) is 25.7 Å². The molecule has 0 aliphatic carbocycles. The predicted octanol–water partition coefficient (Wildman–Crippen LogP) is 1.75. The fourth-order valence-corrected chi connectivity index (χ4v) is 2.59. The molecule has 0 saturated carbocycles. The molecular formula is C19H22N6O2. The lowest BCUT2D eigenvalue weighted by atomic mass is 10.1. The second kappa shape index (κ2) is 8.79. The van der Waals surface area contributed by atoms with Crippen molar-refractivity contribution < 1.29 is 9.53 Å². The first-order valence-electron chi connectivity index (χ1n) is 8.63. The van der Waals surface area contributed by atoms with Crippen LogP contribution in [0.2, 0.25) is 0 Å². The van der Waals surface area contributed by atoms with Gasteiger partial charge >= 0.3 is 0 Å². The van der Waals surface area contributed by atoms with Crippen molar-refractivity contribution in [2.45, 2.75) is 13.3 Å². The van der Waals surface area contributed by atoms with E-state index in [1.165, 1.54) is 6.33 Å². The molecule has 0 atom stereocenters. The second-order valence-electron chi connectivity index (χ2n) is 5.93. The summed E-state index contributed by atoms with van der Waals surface area (Å²) in [5, 5.41) is 10.4. The molecule has 0 unspecified atom stereocenters. The number of carbonyl (C=O) groups excluding carboxylic acids is 1. The highest BCUT2D eigenvalue weighted by Crippen LogP contribution is 2.17. The fraction of sp³-hybridized carbons (Fsp3) is 0.263. The van der Waals surface area contributed by atoms with E-state index in [-0.39, 0.29) is 12.3 Å². The summed E-state index contributed by atoms with van der Waals surface area (Å²) >= 11 is 0. The monoisotopic (exact) mass is 366 g/mol. The largest absolute Gasteiger partial charge is 0.496 e. The molecule has 3 aromatic rings. The van der Waals surface area contributed by atoms with E-state index in [1.807, 2.05) is 49.5 Å². The molecular weight excluding hydrogens is 344 g/mol. The first-order valence-corrected chi connectivity index (χ1v) is 8.63. The van der Waals surface area contributed by atoms with Crippen LogP contribution >= 0.6 is 0 Å². The molecule has 27 heavy (non-hydrogen) atoms. The number of amides is 1. The van der Waals surface area contributed by atoms with Crippen LogP contribution in [-0.4, -0.2) is 45.9 Å². The number of aromatic nitrogens is 4. The van der Waals surface area contributed by atoms with Gasteiger partial charge in [-0.25, -0.2) is 14.6 Å². The molecule has 0 aliphatic rings. The van der Waals surface area contributed by atoms with Crippen LogP contribution in [0.25, 0.3) is 5.82 Å².